The molecule has 2 atom stereocenters. The van der Waals surface area contributed by atoms with Crippen LogP contribution in [0.1, 0.15) is 32.5 Å². The Labute approximate surface area is 149 Å². The zero-order chi connectivity index (χ0) is 17.8. The number of nitrogens with zero attached hydrogens (tertiary/aromatic N) is 5. The quantitative estimate of drug-likeness (QED) is 0.868. The van der Waals surface area contributed by atoms with Crippen molar-refractivity contribution >= 4 is 11.8 Å². The standard InChI is InChI=1S/C18H28N6O/c1-13(2)17-14(6-5-11-25-17)21-15-7-8-20-18(22-15)24(4)12-16-19-9-10-23(16)3/h7-10,13-14,17H,5-6,11-12H2,1-4H3,(H,20,21,22)/t14-,17-/m0/s1. The summed E-state index contributed by atoms with van der Waals surface area (Å²) in [7, 11) is 3.97. The number of aryl methyl sites for hydroxylation is 1. The van der Waals surface area contributed by atoms with Crippen LogP contribution in [0.2, 0.25) is 0 Å². The predicted molar refractivity (Wildman–Crippen MR) is 98.6 cm³/mol. The number of hydrogen-bond acceptors (Lipinski definition) is 6. The Morgan fingerprint density at radius 2 is 2.20 bits per heavy atom. The third-order valence-corrected chi connectivity index (χ3v) is 4.64. The molecule has 1 saturated heterocycles. The van der Waals surface area contributed by atoms with Gasteiger partial charge in [-0.3, -0.25) is 0 Å². The molecule has 0 radical (unpaired) electrons. The molecule has 136 valence electrons. The van der Waals surface area contributed by atoms with Crippen molar-refractivity contribution in [2.24, 2.45) is 13.0 Å². The Morgan fingerprint density at radius 1 is 1.36 bits per heavy atom. The zero-order valence-corrected chi connectivity index (χ0v) is 15.5. The summed E-state index contributed by atoms with van der Waals surface area (Å²) in [6.07, 6.45) is 7.95. The van der Waals surface area contributed by atoms with Gasteiger partial charge in [-0.1, -0.05) is 13.8 Å². The molecule has 0 aliphatic carbocycles. The van der Waals surface area contributed by atoms with Crippen LogP contribution in [-0.2, 0) is 18.3 Å². The summed E-state index contributed by atoms with van der Waals surface area (Å²) in [5.41, 5.74) is 0. The molecule has 2 aromatic heterocycles. The average Bonchev–Trinajstić information content (AvgIpc) is 3.00. The third-order valence-electron chi connectivity index (χ3n) is 4.64. The maximum absolute atomic E-state index is 5.96. The van der Waals surface area contributed by atoms with Crippen LogP contribution in [0.5, 0.6) is 0 Å². The van der Waals surface area contributed by atoms with Gasteiger partial charge < -0.3 is 19.5 Å². The molecule has 25 heavy (non-hydrogen) atoms. The van der Waals surface area contributed by atoms with E-state index in [0.717, 1.165) is 31.1 Å². The SMILES string of the molecule is CC(C)[C@@H]1OCCC[C@@H]1Nc1ccnc(N(C)Cc2nccn2C)n1. The lowest BCUT2D eigenvalue weighted by atomic mass is 9.94. The van der Waals surface area contributed by atoms with E-state index < -0.39 is 0 Å². The van der Waals surface area contributed by atoms with Crippen molar-refractivity contribution in [3.63, 3.8) is 0 Å². The molecule has 1 aliphatic rings. The highest BCUT2D eigenvalue weighted by Gasteiger charge is 2.28. The van der Waals surface area contributed by atoms with E-state index in [1.54, 1.807) is 12.4 Å². The number of ether oxygens (including phenoxy) is 1. The van der Waals surface area contributed by atoms with Crippen molar-refractivity contribution in [1.82, 2.24) is 19.5 Å². The molecular weight excluding hydrogens is 316 g/mol. The lowest BCUT2D eigenvalue weighted by Crippen LogP contribution is -2.43. The van der Waals surface area contributed by atoms with Gasteiger partial charge in [0.2, 0.25) is 5.95 Å². The molecule has 1 aliphatic heterocycles. The van der Waals surface area contributed by atoms with E-state index in [2.05, 4.69) is 34.1 Å². The fourth-order valence-corrected chi connectivity index (χ4v) is 3.25. The van der Waals surface area contributed by atoms with Gasteiger partial charge in [0.1, 0.15) is 11.6 Å². The molecule has 0 aromatic carbocycles. The first-order valence-electron chi connectivity index (χ1n) is 8.93. The average molecular weight is 344 g/mol. The predicted octanol–water partition coefficient (Wildman–Crippen LogP) is 2.46. The normalized spacial score (nSPS) is 20.7. The van der Waals surface area contributed by atoms with Crippen molar-refractivity contribution in [3.05, 3.63) is 30.5 Å². The highest BCUT2D eigenvalue weighted by Crippen LogP contribution is 2.24. The van der Waals surface area contributed by atoms with Crippen molar-refractivity contribution in [1.29, 1.82) is 0 Å². The number of nitrogens with one attached hydrogen (secondary N) is 1. The van der Waals surface area contributed by atoms with Gasteiger partial charge in [-0.25, -0.2) is 9.97 Å². The molecule has 0 spiro atoms. The molecule has 3 rings (SSSR count). The summed E-state index contributed by atoms with van der Waals surface area (Å²) in [6, 6.07) is 2.21. The van der Waals surface area contributed by atoms with Crippen molar-refractivity contribution < 1.29 is 4.74 Å². The van der Waals surface area contributed by atoms with Crippen LogP contribution in [0.15, 0.2) is 24.7 Å². The molecule has 0 saturated carbocycles. The van der Waals surface area contributed by atoms with Crippen LogP contribution in [0.4, 0.5) is 11.8 Å². The van der Waals surface area contributed by atoms with E-state index in [1.165, 1.54) is 0 Å². The number of imidazole rings is 1. The Bertz CT molecular complexity index is 686. The highest BCUT2D eigenvalue weighted by atomic mass is 16.5. The minimum absolute atomic E-state index is 0.220. The lowest BCUT2D eigenvalue weighted by molar-refractivity contribution is -0.0203. The van der Waals surface area contributed by atoms with E-state index in [1.807, 2.05) is 35.8 Å². The largest absolute Gasteiger partial charge is 0.376 e. The van der Waals surface area contributed by atoms with Gasteiger partial charge in [0.15, 0.2) is 0 Å². The lowest BCUT2D eigenvalue weighted by Gasteiger charge is -2.35. The molecule has 0 bridgehead atoms. The number of hydrogen-bond donors (Lipinski definition) is 1. The number of rotatable bonds is 6. The van der Waals surface area contributed by atoms with E-state index in [-0.39, 0.29) is 12.1 Å². The molecule has 7 heteroatoms. The maximum Gasteiger partial charge on any atom is 0.227 e. The summed E-state index contributed by atoms with van der Waals surface area (Å²) in [5.74, 6) is 2.99. The Balaban J connectivity index is 1.69. The molecule has 0 amide bonds. The molecule has 2 aromatic rings. The van der Waals surface area contributed by atoms with Crippen molar-refractivity contribution in [2.45, 2.75) is 45.4 Å². The van der Waals surface area contributed by atoms with E-state index in [4.69, 9.17) is 4.74 Å². The highest BCUT2D eigenvalue weighted by molar-refractivity contribution is 5.42. The van der Waals surface area contributed by atoms with E-state index in [9.17, 15) is 0 Å². The second-order valence-electron chi connectivity index (χ2n) is 7.02. The minimum Gasteiger partial charge on any atom is -0.376 e. The third kappa shape index (κ3) is 4.28. The van der Waals surface area contributed by atoms with Crippen LogP contribution in [0.3, 0.4) is 0 Å². The number of aromatic nitrogens is 4. The monoisotopic (exact) mass is 344 g/mol. The van der Waals surface area contributed by atoms with E-state index >= 15 is 0 Å². The second-order valence-corrected chi connectivity index (χ2v) is 7.02. The zero-order valence-electron chi connectivity index (χ0n) is 15.5. The molecule has 1 fully saturated rings. The molecular formula is C18H28N6O. The Morgan fingerprint density at radius 3 is 2.92 bits per heavy atom. The van der Waals surface area contributed by atoms with Gasteiger partial charge in [0.05, 0.1) is 18.7 Å². The minimum atomic E-state index is 0.220. The maximum atomic E-state index is 5.96. The van der Waals surface area contributed by atoms with E-state index in [0.29, 0.717) is 18.4 Å². The van der Waals surface area contributed by atoms with Gasteiger partial charge in [0, 0.05) is 39.3 Å². The summed E-state index contributed by atoms with van der Waals surface area (Å²) < 4.78 is 7.96. The Kier molecular flexibility index (Phi) is 5.53. The topological polar surface area (TPSA) is 68.1 Å². The van der Waals surface area contributed by atoms with Gasteiger partial charge in [-0.2, -0.15) is 4.98 Å². The van der Waals surface area contributed by atoms with Crippen molar-refractivity contribution in [2.75, 3.05) is 23.9 Å². The molecule has 0 unspecified atom stereocenters. The first-order chi connectivity index (χ1) is 12.0. The first-order valence-corrected chi connectivity index (χ1v) is 8.93. The summed E-state index contributed by atoms with van der Waals surface area (Å²) in [6.45, 7) is 5.92. The fraction of sp³-hybridized carbons (Fsp3) is 0.611. The van der Waals surface area contributed by atoms with Crippen LogP contribution < -0.4 is 10.2 Å². The van der Waals surface area contributed by atoms with Crippen LogP contribution >= 0.6 is 0 Å². The first kappa shape index (κ1) is 17.7. The van der Waals surface area contributed by atoms with Crippen molar-refractivity contribution in [3.8, 4) is 0 Å². The van der Waals surface area contributed by atoms with Gasteiger partial charge in [-0.15, -0.1) is 0 Å². The van der Waals surface area contributed by atoms with Crippen LogP contribution in [0.25, 0.3) is 0 Å². The van der Waals surface area contributed by atoms with Crippen LogP contribution in [0, 0.1) is 5.92 Å². The summed E-state index contributed by atoms with van der Waals surface area (Å²) in [4.78, 5) is 15.5. The van der Waals surface area contributed by atoms with Crippen LogP contribution in [-0.4, -0.2) is 45.3 Å². The smallest absolute Gasteiger partial charge is 0.227 e. The molecule has 1 N–H and O–H groups in total. The number of anilines is 2. The summed E-state index contributed by atoms with van der Waals surface area (Å²) >= 11 is 0. The molecule has 3 heterocycles. The molecule has 7 nitrogen and oxygen atoms in total. The van der Waals surface area contributed by atoms with Gasteiger partial charge in [0.25, 0.3) is 0 Å². The Hall–Kier alpha value is -2.15. The van der Waals surface area contributed by atoms with Gasteiger partial charge in [-0.05, 0) is 24.8 Å². The van der Waals surface area contributed by atoms with Gasteiger partial charge >= 0.3 is 0 Å². The fourth-order valence-electron chi connectivity index (χ4n) is 3.25. The second kappa shape index (κ2) is 7.82. The summed E-state index contributed by atoms with van der Waals surface area (Å²) in [5, 5.41) is 3.55.